The van der Waals surface area contributed by atoms with E-state index >= 15 is 0 Å². The summed E-state index contributed by atoms with van der Waals surface area (Å²) in [5.74, 6) is 1.14. The van der Waals surface area contributed by atoms with Crippen molar-refractivity contribution in [3.8, 4) is 0 Å². The number of morpholine rings is 1. The topological polar surface area (TPSA) is 120 Å². The lowest BCUT2D eigenvalue weighted by Gasteiger charge is -2.29. The number of amidine groups is 1. The summed E-state index contributed by atoms with van der Waals surface area (Å²) in [5.41, 5.74) is 9.98. The number of hydrogen-bond acceptors (Lipinski definition) is 5. The minimum Gasteiger partial charge on any atom is -0.384 e. The van der Waals surface area contributed by atoms with E-state index in [-0.39, 0.29) is 11.7 Å². The molecule has 0 aliphatic carbocycles. The molecule has 1 aliphatic rings. The summed E-state index contributed by atoms with van der Waals surface area (Å²) in [4.78, 5) is 17.9. The second kappa shape index (κ2) is 6.85. The minimum atomic E-state index is -0.297. The van der Waals surface area contributed by atoms with Crippen molar-refractivity contribution in [2.24, 2.45) is 5.73 Å². The first-order valence-corrected chi connectivity index (χ1v) is 9.41. The predicted molar refractivity (Wildman–Crippen MR) is 109 cm³/mol. The Morgan fingerprint density at radius 2 is 1.86 bits per heavy atom. The number of aromatic amines is 2. The van der Waals surface area contributed by atoms with Gasteiger partial charge in [0.15, 0.2) is 0 Å². The maximum absolute atomic E-state index is 14.2. The van der Waals surface area contributed by atoms with Gasteiger partial charge in [0.05, 0.1) is 41.9 Å². The van der Waals surface area contributed by atoms with E-state index in [0.717, 1.165) is 28.1 Å². The van der Waals surface area contributed by atoms with Crippen molar-refractivity contribution in [1.29, 1.82) is 5.41 Å². The molecule has 0 spiro atoms. The molecule has 0 atom stereocenters. The second-order valence-electron chi connectivity index (χ2n) is 7.11. The first-order chi connectivity index (χ1) is 14.1. The SMILES string of the molecule is N=C(N)c1ccc2[nH]c(Cc3nc4c(N5CCOCC5)cc(F)cc4[nH]3)nc2c1. The summed E-state index contributed by atoms with van der Waals surface area (Å²) in [6, 6.07) is 8.41. The van der Waals surface area contributed by atoms with Crippen molar-refractivity contribution in [2.45, 2.75) is 6.42 Å². The summed E-state index contributed by atoms with van der Waals surface area (Å²) in [7, 11) is 0. The van der Waals surface area contributed by atoms with Crippen LogP contribution >= 0.6 is 0 Å². The van der Waals surface area contributed by atoms with Crippen LogP contribution in [-0.2, 0) is 11.2 Å². The normalized spacial score (nSPS) is 14.7. The van der Waals surface area contributed by atoms with Gasteiger partial charge in [-0.25, -0.2) is 14.4 Å². The summed E-state index contributed by atoms with van der Waals surface area (Å²) < 4.78 is 19.6. The van der Waals surface area contributed by atoms with E-state index in [1.807, 2.05) is 6.07 Å². The van der Waals surface area contributed by atoms with Crippen LogP contribution in [0.3, 0.4) is 0 Å². The van der Waals surface area contributed by atoms with Crippen LogP contribution in [0.15, 0.2) is 30.3 Å². The third kappa shape index (κ3) is 3.29. The standard InChI is InChI=1S/C20H20FN7O/c21-12-8-15-19(16(9-12)28-3-5-29-6-4-28)27-18(26-15)10-17-24-13-2-1-11(20(22)23)7-14(13)25-17/h1-2,7-9H,3-6,10H2,(H3,22,23)(H,24,25)(H,26,27). The number of ether oxygens (including phenoxy) is 1. The molecule has 3 heterocycles. The Kier molecular flexibility index (Phi) is 4.17. The van der Waals surface area contributed by atoms with Gasteiger partial charge in [-0.3, -0.25) is 5.41 Å². The first-order valence-electron chi connectivity index (χ1n) is 9.41. The van der Waals surface area contributed by atoms with Gasteiger partial charge >= 0.3 is 0 Å². The quantitative estimate of drug-likeness (QED) is 0.313. The fourth-order valence-electron chi connectivity index (χ4n) is 3.71. The molecule has 2 aromatic carbocycles. The minimum absolute atomic E-state index is 0.00593. The summed E-state index contributed by atoms with van der Waals surface area (Å²) in [5, 5.41) is 7.56. The van der Waals surface area contributed by atoms with E-state index < -0.39 is 0 Å². The number of anilines is 1. The van der Waals surface area contributed by atoms with Crippen molar-refractivity contribution in [1.82, 2.24) is 19.9 Å². The Balaban J connectivity index is 1.49. The van der Waals surface area contributed by atoms with Gasteiger partial charge in [0.1, 0.15) is 28.8 Å². The lowest BCUT2D eigenvalue weighted by atomic mass is 10.2. The zero-order valence-electron chi connectivity index (χ0n) is 15.6. The van der Waals surface area contributed by atoms with Gasteiger partial charge in [0, 0.05) is 18.7 Å². The van der Waals surface area contributed by atoms with Crippen LogP contribution in [0.1, 0.15) is 17.2 Å². The number of benzene rings is 2. The average molecular weight is 393 g/mol. The van der Waals surface area contributed by atoms with E-state index in [2.05, 4.69) is 19.9 Å². The van der Waals surface area contributed by atoms with Crippen molar-refractivity contribution >= 4 is 33.6 Å². The van der Waals surface area contributed by atoms with Gasteiger partial charge in [-0.15, -0.1) is 0 Å². The van der Waals surface area contributed by atoms with Crippen LogP contribution in [0.25, 0.3) is 22.1 Å². The summed E-state index contributed by atoms with van der Waals surface area (Å²) in [6.45, 7) is 2.67. The Morgan fingerprint density at radius 3 is 2.66 bits per heavy atom. The molecule has 0 amide bonds. The molecule has 0 radical (unpaired) electrons. The van der Waals surface area contributed by atoms with Gasteiger partial charge in [0.25, 0.3) is 0 Å². The fraction of sp³-hybridized carbons (Fsp3) is 0.250. The van der Waals surface area contributed by atoms with E-state index in [9.17, 15) is 4.39 Å². The molecular weight excluding hydrogens is 373 g/mol. The molecule has 0 saturated carbocycles. The van der Waals surface area contributed by atoms with Gasteiger partial charge in [0.2, 0.25) is 0 Å². The van der Waals surface area contributed by atoms with Crippen LogP contribution < -0.4 is 10.6 Å². The Morgan fingerprint density at radius 1 is 1.10 bits per heavy atom. The average Bonchev–Trinajstić information content (AvgIpc) is 3.30. The first kappa shape index (κ1) is 17.6. The van der Waals surface area contributed by atoms with Gasteiger partial charge in [-0.1, -0.05) is 0 Å². The molecule has 0 bridgehead atoms. The molecule has 148 valence electrons. The number of rotatable bonds is 4. The van der Waals surface area contributed by atoms with Crippen molar-refractivity contribution in [3.63, 3.8) is 0 Å². The maximum atomic E-state index is 14.2. The van der Waals surface area contributed by atoms with Crippen molar-refractivity contribution in [2.75, 3.05) is 31.2 Å². The molecule has 5 N–H and O–H groups in total. The Bertz CT molecular complexity index is 1220. The van der Waals surface area contributed by atoms with E-state index in [1.165, 1.54) is 12.1 Å². The lowest BCUT2D eigenvalue weighted by molar-refractivity contribution is 0.123. The van der Waals surface area contributed by atoms with Crippen LogP contribution in [0.5, 0.6) is 0 Å². The number of halogens is 1. The molecule has 1 saturated heterocycles. The van der Waals surface area contributed by atoms with Crippen molar-refractivity contribution in [3.05, 3.63) is 53.4 Å². The zero-order chi connectivity index (χ0) is 20.0. The summed E-state index contributed by atoms with van der Waals surface area (Å²) in [6.07, 6.45) is 0.447. The highest BCUT2D eigenvalue weighted by atomic mass is 19.1. The molecule has 5 rings (SSSR count). The molecule has 0 unspecified atom stereocenters. The number of aromatic nitrogens is 4. The fourth-order valence-corrected chi connectivity index (χ4v) is 3.71. The van der Waals surface area contributed by atoms with Gasteiger partial charge in [-0.05, 0) is 30.3 Å². The smallest absolute Gasteiger partial charge is 0.127 e. The predicted octanol–water partition coefficient (Wildman–Crippen LogP) is 2.29. The molecule has 2 aromatic heterocycles. The van der Waals surface area contributed by atoms with Gasteiger partial charge in [-0.2, -0.15) is 0 Å². The van der Waals surface area contributed by atoms with E-state index in [0.29, 0.717) is 49.6 Å². The molecule has 4 aromatic rings. The number of nitrogens with zero attached hydrogens (tertiary/aromatic N) is 3. The number of H-pyrrole nitrogens is 2. The molecule has 8 nitrogen and oxygen atoms in total. The Hall–Kier alpha value is -3.46. The largest absolute Gasteiger partial charge is 0.384 e. The van der Waals surface area contributed by atoms with Gasteiger partial charge < -0.3 is 25.3 Å². The highest BCUT2D eigenvalue weighted by Gasteiger charge is 2.18. The number of nitrogens with one attached hydrogen (secondary N) is 3. The highest BCUT2D eigenvalue weighted by molar-refractivity contribution is 5.98. The molecular formula is C20H20FN7O. The number of hydrogen-bond donors (Lipinski definition) is 4. The highest BCUT2D eigenvalue weighted by Crippen LogP contribution is 2.28. The van der Waals surface area contributed by atoms with Crippen LogP contribution in [0.4, 0.5) is 10.1 Å². The molecule has 1 aliphatic heterocycles. The molecule has 1 fully saturated rings. The number of fused-ring (bicyclic) bond motifs is 2. The lowest BCUT2D eigenvalue weighted by Crippen LogP contribution is -2.36. The number of nitrogen functional groups attached to an aromatic ring is 1. The number of imidazole rings is 2. The van der Waals surface area contributed by atoms with E-state index in [4.69, 9.17) is 20.9 Å². The summed E-state index contributed by atoms with van der Waals surface area (Å²) >= 11 is 0. The van der Waals surface area contributed by atoms with Crippen molar-refractivity contribution < 1.29 is 9.13 Å². The molecule has 29 heavy (non-hydrogen) atoms. The third-order valence-corrected chi connectivity index (χ3v) is 5.11. The van der Waals surface area contributed by atoms with Crippen LogP contribution in [0, 0.1) is 11.2 Å². The third-order valence-electron chi connectivity index (χ3n) is 5.11. The number of nitrogens with two attached hydrogens (primary N) is 1. The zero-order valence-corrected chi connectivity index (χ0v) is 15.6. The Labute approximate surface area is 165 Å². The van der Waals surface area contributed by atoms with Crippen LogP contribution in [-0.4, -0.2) is 52.1 Å². The second-order valence-corrected chi connectivity index (χ2v) is 7.11. The molecule has 9 heteroatoms. The monoisotopic (exact) mass is 393 g/mol. The van der Waals surface area contributed by atoms with Crippen LogP contribution in [0.2, 0.25) is 0 Å². The van der Waals surface area contributed by atoms with E-state index in [1.54, 1.807) is 12.1 Å². The maximum Gasteiger partial charge on any atom is 0.127 e.